The summed E-state index contributed by atoms with van der Waals surface area (Å²) in [5, 5.41) is 1.08. The summed E-state index contributed by atoms with van der Waals surface area (Å²) < 4.78 is 5.82. The molecule has 1 aliphatic carbocycles. The van der Waals surface area contributed by atoms with Gasteiger partial charge in [-0.1, -0.05) is 6.42 Å². The van der Waals surface area contributed by atoms with Crippen LogP contribution in [0.25, 0.3) is 10.2 Å². The molecule has 3 aromatic rings. The maximum absolute atomic E-state index is 12.9. The smallest absolute Gasteiger partial charge is 0.348 e. The standard InChI is InChI=1S/C22H25ClN6O2S/c1-14-16-18(28-10-12-29(13-11-28)22-24-8-5-9-25-22)26-21(23)27-19(16)32-17(14)20(30)31-15-6-3-2-4-7-15/h5,8-9,15H,2-4,6-7,10-13H2,1H3. The minimum Gasteiger partial charge on any atom is -0.458 e. The van der Waals surface area contributed by atoms with Crippen LogP contribution in [0, 0.1) is 6.92 Å². The first-order valence-electron chi connectivity index (χ1n) is 11.0. The summed E-state index contributed by atoms with van der Waals surface area (Å²) in [6, 6.07) is 1.82. The van der Waals surface area contributed by atoms with Gasteiger partial charge < -0.3 is 14.5 Å². The van der Waals surface area contributed by atoms with Crippen LogP contribution in [0.3, 0.4) is 0 Å². The molecule has 0 amide bonds. The Morgan fingerprint density at radius 1 is 1.06 bits per heavy atom. The molecule has 0 bridgehead atoms. The molecule has 1 saturated carbocycles. The van der Waals surface area contributed by atoms with Crippen LogP contribution in [0.15, 0.2) is 18.5 Å². The van der Waals surface area contributed by atoms with E-state index in [2.05, 4.69) is 29.7 Å². The van der Waals surface area contributed by atoms with Crippen molar-refractivity contribution in [2.75, 3.05) is 36.0 Å². The molecule has 168 valence electrons. The Morgan fingerprint density at radius 2 is 1.75 bits per heavy atom. The van der Waals surface area contributed by atoms with Crippen LogP contribution < -0.4 is 9.80 Å². The van der Waals surface area contributed by atoms with E-state index in [0.29, 0.717) is 4.88 Å². The van der Waals surface area contributed by atoms with Crippen LogP contribution in [0.2, 0.25) is 5.28 Å². The summed E-state index contributed by atoms with van der Waals surface area (Å²) in [7, 11) is 0. The van der Waals surface area contributed by atoms with E-state index >= 15 is 0 Å². The third-order valence-corrected chi connectivity index (χ3v) is 7.50. The fraction of sp³-hybridized carbons (Fsp3) is 0.500. The maximum atomic E-state index is 12.9. The third-order valence-electron chi connectivity index (χ3n) is 6.17. The lowest BCUT2D eigenvalue weighted by Gasteiger charge is -2.35. The van der Waals surface area contributed by atoms with Gasteiger partial charge in [0.15, 0.2) is 0 Å². The summed E-state index contributed by atoms with van der Waals surface area (Å²) in [4.78, 5) is 36.3. The minimum atomic E-state index is -0.259. The number of halogens is 1. The van der Waals surface area contributed by atoms with Gasteiger partial charge in [-0.05, 0) is 55.8 Å². The number of carbonyl (C=O) groups is 1. The molecular weight excluding hydrogens is 448 g/mol. The number of thiophene rings is 1. The van der Waals surface area contributed by atoms with Gasteiger partial charge in [0.2, 0.25) is 11.2 Å². The van der Waals surface area contributed by atoms with Gasteiger partial charge in [0, 0.05) is 38.6 Å². The number of fused-ring (bicyclic) bond motifs is 1. The van der Waals surface area contributed by atoms with Gasteiger partial charge >= 0.3 is 5.97 Å². The van der Waals surface area contributed by atoms with Gasteiger partial charge in [-0.2, -0.15) is 4.98 Å². The SMILES string of the molecule is Cc1c(C(=O)OC2CCCCC2)sc2nc(Cl)nc(N3CCN(c4ncccn4)CC3)c12. The first-order chi connectivity index (χ1) is 15.6. The second-order valence-electron chi connectivity index (χ2n) is 8.24. The number of aryl methyl sites for hydroxylation is 1. The average Bonchev–Trinajstić information content (AvgIpc) is 3.16. The van der Waals surface area contributed by atoms with E-state index in [1.165, 1.54) is 17.8 Å². The molecule has 0 unspecified atom stereocenters. The zero-order chi connectivity index (χ0) is 22.1. The Hall–Kier alpha value is -2.52. The van der Waals surface area contributed by atoms with Crippen LogP contribution in [-0.4, -0.2) is 58.2 Å². The van der Waals surface area contributed by atoms with E-state index in [1.807, 2.05) is 13.0 Å². The minimum absolute atomic E-state index is 0.0169. The fourth-order valence-electron chi connectivity index (χ4n) is 4.48. The summed E-state index contributed by atoms with van der Waals surface area (Å²) in [5.74, 6) is 1.25. The quantitative estimate of drug-likeness (QED) is 0.411. The topological polar surface area (TPSA) is 84.3 Å². The van der Waals surface area contributed by atoms with Gasteiger partial charge in [0.25, 0.3) is 0 Å². The van der Waals surface area contributed by atoms with Crippen molar-refractivity contribution in [2.45, 2.75) is 45.1 Å². The summed E-state index contributed by atoms with van der Waals surface area (Å²) >= 11 is 7.62. The Bertz CT molecular complexity index is 1110. The number of aromatic nitrogens is 4. The molecule has 2 aliphatic rings. The van der Waals surface area contributed by atoms with Gasteiger partial charge in [0.05, 0.1) is 5.39 Å². The number of nitrogens with zero attached hydrogens (tertiary/aromatic N) is 6. The van der Waals surface area contributed by atoms with Gasteiger partial charge in [-0.25, -0.2) is 19.7 Å². The second-order valence-corrected chi connectivity index (χ2v) is 9.58. The molecule has 10 heteroatoms. The molecule has 0 aromatic carbocycles. The molecule has 2 fully saturated rings. The predicted molar refractivity (Wildman–Crippen MR) is 126 cm³/mol. The highest BCUT2D eigenvalue weighted by Crippen LogP contribution is 2.37. The van der Waals surface area contributed by atoms with E-state index in [1.54, 1.807) is 12.4 Å². The van der Waals surface area contributed by atoms with Crippen molar-refractivity contribution in [3.05, 3.63) is 34.2 Å². The molecule has 0 radical (unpaired) electrons. The lowest BCUT2D eigenvalue weighted by molar-refractivity contribution is 0.0216. The van der Waals surface area contributed by atoms with Crippen LogP contribution in [-0.2, 0) is 4.74 Å². The largest absolute Gasteiger partial charge is 0.458 e. The average molecular weight is 473 g/mol. The van der Waals surface area contributed by atoms with Crippen molar-refractivity contribution in [1.82, 2.24) is 19.9 Å². The van der Waals surface area contributed by atoms with E-state index in [9.17, 15) is 4.79 Å². The van der Waals surface area contributed by atoms with Crippen molar-refractivity contribution in [2.24, 2.45) is 0 Å². The normalized spacial score (nSPS) is 17.7. The highest BCUT2D eigenvalue weighted by molar-refractivity contribution is 7.20. The number of carbonyl (C=O) groups excluding carboxylic acids is 1. The lowest BCUT2D eigenvalue weighted by Crippen LogP contribution is -2.47. The number of anilines is 2. The van der Waals surface area contributed by atoms with E-state index < -0.39 is 0 Å². The maximum Gasteiger partial charge on any atom is 0.348 e. The van der Waals surface area contributed by atoms with Gasteiger partial charge in [-0.15, -0.1) is 11.3 Å². The summed E-state index contributed by atoms with van der Waals surface area (Å²) in [6.45, 7) is 4.99. The fourth-order valence-corrected chi connectivity index (χ4v) is 5.75. The van der Waals surface area contributed by atoms with Gasteiger partial charge in [0.1, 0.15) is 21.6 Å². The number of piperazine rings is 1. The van der Waals surface area contributed by atoms with Crippen molar-refractivity contribution in [3.63, 3.8) is 0 Å². The van der Waals surface area contributed by atoms with E-state index in [0.717, 1.165) is 79.4 Å². The molecule has 8 nitrogen and oxygen atoms in total. The van der Waals surface area contributed by atoms with E-state index in [4.69, 9.17) is 16.3 Å². The molecule has 0 atom stereocenters. The zero-order valence-electron chi connectivity index (χ0n) is 18.0. The number of ether oxygens (including phenoxy) is 1. The van der Waals surface area contributed by atoms with Crippen molar-refractivity contribution in [3.8, 4) is 0 Å². The van der Waals surface area contributed by atoms with Crippen LogP contribution in [0.4, 0.5) is 11.8 Å². The molecule has 4 heterocycles. The Kier molecular flexibility index (Phi) is 6.10. The molecule has 0 N–H and O–H groups in total. The molecule has 32 heavy (non-hydrogen) atoms. The summed E-state index contributed by atoms with van der Waals surface area (Å²) in [6.07, 6.45) is 8.88. The second kappa shape index (κ2) is 9.15. The lowest BCUT2D eigenvalue weighted by atomic mass is 9.98. The highest BCUT2D eigenvalue weighted by Gasteiger charge is 2.28. The van der Waals surface area contributed by atoms with Crippen molar-refractivity contribution < 1.29 is 9.53 Å². The molecular formula is C22H25ClN6O2S. The number of rotatable bonds is 4. The number of hydrogen-bond donors (Lipinski definition) is 0. The first kappa shape index (κ1) is 21.3. The third kappa shape index (κ3) is 4.23. The Balaban J connectivity index is 1.39. The van der Waals surface area contributed by atoms with E-state index in [-0.39, 0.29) is 17.4 Å². The van der Waals surface area contributed by atoms with Crippen molar-refractivity contribution >= 4 is 50.9 Å². The number of esters is 1. The molecule has 3 aromatic heterocycles. The van der Waals surface area contributed by atoms with Crippen molar-refractivity contribution in [1.29, 1.82) is 0 Å². The monoisotopic (exact) mass is 472 g/mol. The van der Waals surface area contributed by atoms with Crippen LogP contribution in [0.1, 0.15) is 47.3 Å². The highest BCUT2D eigenvalue weighted by atomic mass is 35.5. The zero-order valence-corrected chi connectivity index (χ0v) is 19.5. The van der Waals surface area contributed by atoms with Gasteiger partial charge in [-0.3, -0.25) is 0 Å². The van der Waals surface area contributed by atoms with Crippen LogP contribution >= 0.6 is 22.9 Å². The predicted octanol–water partition coefficient (Wildman–Crippen LogP) is 4.26. The van der Waals surface area contributed by atoms with Crippen LogP contribution in [0.5, 0.6) is 0 Å². The molecule has 5 rings (SSSR count). The Labute approximate surface area is 195 Å². The molecule has 0 spiro atoms. The summed E-state index contributed by atoms with van der Waals surface area (Å²) in [5.41, 5.74) is 0.867. The molecule has 1 aliphatic heterocycles. The molecule has 1 saturated heterocycles. The first-order valence-corrected chi connectivity index (χ1v) is 12.2. The number of hydrogen-bond acceptors (Lipinski definition) is 9. The Morgan fingerprint density at radius 3 is 2.47 bits per heavy atom.